The number of nitrogens with zero attached hydrogens (tertiary/aromatic N) is 3. The van der Waals surface area contributed by atoms with Crippen LogP contribution in [0.5, 0.6) is 0 Å². The van der Waals surface area contributed by atoms with Crippen LogP contribution in [0, 0.1) is 12.8 Å². The number of likely N-dealkylation sites (tertiary alicyclic amines) is 1. The van der Waals surface area contributed by atoms with Crippen LogP contribution in [-0.4, -0.2) is 46.5 Å². The Balaban J connectivity index is 1.26. The van der Waals surface area contributed by atoms with Crippen molar-refractivity contribution in [1.29, 1.82) is 0 Å². The number of carbonyl (C=O) groups is 2. The van der Waals surface area contributed by atoms with Crippen molar-refractivity contribution in [3.05, 3.63) is 59.7 Å². The van der Waals surface area contributed by atoms with Crippen LogP contribution in [0.15, 0.2) is 47.0 Å². The SMILES string of the molecule is Cc1noc(CCCNC(=O)C2CCN(C(=O)c3cccc4ccccc34)CC2)n1. The van der Waals surface area contributed by atoms with E-state index >= 15 is 0 Å². The van der Waals surface area contributed by atoms with Crippen LogP contribution in [-0.2, 0) is 11.2 Å². The molecule has 1 aliphatic heterocycles. The fraction of sp³-hybridized carbons (Fsp3) is 0.391. The summed E-state index contributed by atoms with van der Waals surface area (Å²) in [6, 6.07) is 13.8. The maximum Gasteiger partial charge on any atom is 0.254 e. The first-order valence-electron chi connectivity index (χ1n) is 10.5. The molecule has 0 aliphatic carbocycles. The smallest absolute Gasteiger partial charge is 0.254 e. The number of fused-ring (bicyclic) bond motifs is 1. The summed E-state index contributed by atoms with van der Waals surface area (Å²) in [6.07, 6.45) is 2.78. The minimum atomic E-state index is -0.0489. The number of aromatic nitrogens is 2. The molecule has 3 aromatic rings. The topological polar surface area (TPSA) is 88.3 Å². The number of benzene rings is 2. The van der Waals surface area contributed by atoms with E-state index in [0.29, 0.717) is 50.6 Å². The molecule has 0 saturated carbocycles. The molecular weight excluding hydrogens is 380 g/mol. The predicted octanol–water partition coefficient (Wildman–Crippen LogP) is 3.13. The molecule has 30 heavy (non-hydrogen) atoms. The first-order chi connectivity index (χ1) is 14.6. The van der Waals surface area contributed by atoms with Gasteiger partial charge in [0, 0.05) is 37.5 Å². The van der Waals surface area contributed by atoms with Crippen LogP contribution in [0.3, 0.4) is 0 Å². The fourth-order valence-electron chi connectivity index (χ4n) is 3.96. The van der Waals surface area contributed by atoms with Crippen molar-refractivity contribution in [2.75, 3.05) is 19.6 Å². The number of carbonyl (C=O) groups excluding carboxylic acids is 2. The van der Waals surface area contributed by atoms with Gasteiger partial charge in [-0.15, -0.1) is 0 Å². The third-order valence-corrected chi connectivity index (χ3v) is 5.61. The molecule has 0 spiro atoms. The van der Waals surface area contributed by atoms with E-state index in [1.807, 2.05) is 47.4 Å². The second kappa shape index (κ2) is 9.07. The Hall–Kier alpha value is -3.22. The summed E-state index contributed by atoms with van der Waals surface area (Å²) in [4.78, 5) is 31.5. The van der Waals surface area contributed by atoms with Gasteiger partial charge < -0.3 is 14.7 Å². The van der Waals surface area contributed by atoms with Gasteiger partial charge in [-0.3, -0.25) is 9.59 Å². The second-order valence-electron chi connectivity index (χ2n) is 7.72. The van der Waals surface area contributed by atoms with E-state index in [-0.39, 0.29) is 17.7 Å². The third-order valence-electron chi connectivity index (χ3n) is 5.61. The zero-order chi connectivity index (χ0) is 20.9. The van der Waals surface area contributed by atoms with Crippen molar-refractivity contribution in [3.63, 3.8) is 0 Å². The highest BCUT2D eigenvalue weighted by atomic mass is 16.5. The Morgan fingerprint density at radius 3 is 2.67 bits per heavy atom. The Morgan fingerprint density at radius 1 is 1.13 bits per heavy atom. The minimum absolute atomic E-state index is 0.0421. The summed E-state index contributed by atoms with van der Waals surface area (Å²) < 4.78 is 5.07. The summed E-state index contributed by atoms with van der Waals surface area (Å²) in [6.45, 7) is 3.56. The molecule has 2 amide bonds. The summed E-state index contributed by atoms with van der Waals surface area (Å²) in [5.74, 6) is 1.28. The molecule has 2 aromatic carbocycles. The molecule has 4 rings (SSSR count). The van der Waals surface area contributed by atoms with Gasteiger partial charge >= 0.3 is 0 Å². The van der Waals surface area contributed by atoms with Crippen LogP contribution >= 0.6 is 0 Å². The molecule has 1 aromatic heterocycles. The number of aryl methyl sites for hydroxylation is 2. The Morgan fingerprint density at radius 2 is 1.90 bits per heavy atom. The fourth-order valence-corrected chi connectivity index (χ4v) is 3.96. The van der Waals surface area contributed by atoms with Gasteiger partial charge in [-0.05, 0) is 43.0 Å². The monoisotopic (exact) mass is 406 g/mol. The Bertz CT molecular complexity index is 1030. The first-order valence-corrected chi connectivity index (χ1v) is 10.5. The average molecular weight is 406 g/mol. The lowest BCUT2D eigenvalue weighted by Gasteiger charge is -2.31. The lowest BCUT2D eigenvalue weighted by Crippen LogP contribution is -2.43. The van der Waals surface area contributed by atoms with Crippen molar-refractivity contribution in [2.45, 2.75) is 32.6 Å². The summed E-state index contributed by atoms with van der Waals surface area (Å²) in [7, 11) is 0. The van der Waals surface area contributed by atoms with Crippen molar-refractivity contribution < 1.29 is 14.1 Å². The van der Waals surface area contributed by atoms with Crippen LogP contribution in [0.1, 0.15) is 41.3 Å². The average Bonchev–Trinajstić information content (AvgIpc) is 3.20. The molecule has 1 fully saturated rings. The van der Waals surface area contributed by atoms with Gasteiger partial charge in [0.1, 0.15) is 0 Å². The molecular formula is C23H26N4O3. The quantitative estimate of drug-likeness (QED) is 0.636. The van der Waals surface area contributed by atoms with E-state index in [4.69, 9.17) is 4.52 Å². The van der Waals surface area contributed by atoms with Crippen LogP contribution in [0.4, 0.5) is 0 Å². The predicted molar refractivity (Wildman–Crippen MR) is 113 cm³/mol. The van der Waals surface area contributed by atoms with Crippen LogP contribution in [0.2, 0.25) is 0 Å². The lowest BCUT2D eigenvalue weighted by atomic mass is 9.94. The van der Waals surface area contributed by atoms with E-state index < -0.39 is 0 Å². The van der Waals surface area contributed by atoms with Gasteiger partial charge in [-0.25, -0.2) is 0 Å². The van der Waals surface area contributed by atoms with Crippen molar-refractivity contribution in [3.8, 4) is 0 Å². The third kappa shape index (κ3) is 4.50. The number of nitrogens with one attached hydrogen (secondary N) is 1. The number of piperidine rings is 1. The normalized spacial score (nSPS) is 14.8. The molecule has 156 valence electrons. The highest BCUT2D eigenvalue weighted by Gasteiger charge is 2.28. The molecule has 2 heterocycles. The Kier molecular flexibility index (Phi) is 6.07. The van der Waals surface area contributed by atoms with Gasteiger partial charge in [0.25, 0.3) is 5.91 Å². The van der Waals surface area contributed by atoms with Crippen molar-refractivity contribution >= 4 is 22.6 Å². The van der Waals surface area contributed by atoms with Crippen LogP contribution in [0.25, 0.3) is 10.8 Å². The number of hydrogen-bond acceptors (Lipinski definition) is 5. The Labute approximate surface area is 175 Å². The number of hydrogen-bond donors (Lipinski definition) is 1. The number of rotatable bonds is 6. The van der Waals surface area contributed by atoms with Crippen molar-refractivity contribution in [2.24, 2.45) is 5.92 Å². The largest absolute Gasteiger partial charge is 0.356 e. The van der Waals surface area contributed by atoms with Gasteiger partial charge in [-0.2, -0.15) is 4.98 Å². The first kappa shape index (κ1) is 20.1. The molecule has 0 radical (unpaired) electrons. The highest BCUT2D eigenvalue weighted by Crippen LogP contribution is 2.23. The maximum atomic E-state index is 13.0. The lowest BCUT2D eigenvalue weighted by molar-refractivity contribution is -0.126. The van der Waals surface area contributed by atoms with E-state index in [1.165, 1.54) is 0 Å². The van der Waals surface area contributed by atoms with Gasteiger partial charge in [0.2, 0.25) is 11.8 Å². The zero-order valence-corrected chi connectivity index (χ0v) is 17.1. The summed E-state index contributed by atoms with van der Waals surface area (Å²) >= 11 is 0. The molecule has 1 saturated heterocycles. The molecule has 0 unspecified atom stereocenters. The molecule has 0 atom stereocenters. The van der Waals surface area contributed by atoms with E-state index in [9.17, 15) is 9.59 Å². The molecule has 1 N–H and O–H groups in total. The van der Waals surface area contributed by atoms with E-state index in [1.54, 1.807) is 6.92 Å². The summed E-state index contributed by atoms with van der Waals surface area (Å²) in [5.41, 5.74) is 0.729. The van der Waals surface area contributed by atoms with Crippen molar-refractivity contribution in [1.82, 2.24) is 20.4 Å². The molecule has 0 bridgehead atoms. The van der Waals surface area contributed by atoms with Gasteiger partial charge in [0.05, 0.1) is 0 Å². The zero-order valence-electron chi connectivity index (χ0n) is 17.1. The molecule has 1 aliphatic rings. The van der Waals surface area contributed by atoms with Crippen LogP contribution < -0.4 is 5.32 Å². The number of amides is 2. The maximum absolute atomic E-state index is 13.0. The second-order valence-corrected chi connectivity index (χ2v) is 7.72. The van der Waals surface area contributed by atoms with E-state index in [2.05, 4.69) is 15.5 Å². The van der Waals surface area contributed by atoms with Gasteiger partial charge in [-0.1, -0.05) is 41.6 Å². The molecule has 7 nitrogen and oxygen atoms in total. The summed E-state index contributed by atoms with van der Waals surface area (Å²) in [5, 5.41) is 8.79. The van der Waals surface area contributed by atoms with E-state index in [0.717, 1.165) is 22.8 Å². The highest BCUT2D eigenvalue weighted by molar-refractivity contribution is 6.07. The standard InChI is InChI=1S/C23H26N4O3/c1-16-25-21(30-26-16)10-5-13-24-22(28)18-11-14-27(15-12-18)23(29)20-9-4-7-17-6-2-3-8-19(17)20/h2-4,6-9,18H,5,10-15H2,1H3,(H,24,28). The van der Waals surface area contributed by atoms with Gasteiger partial charge in [0.15, 0.2) is 5.82 Å². The molecule has 7 heteroatoms. The minimum Gasteiger partial charge on any atom is -0.356 e.